The van der Waals surface area contributed by atoms with Crippen LogP contribution in [0.1, 0.15) is 17.5 Å². The van der Waals surface area contributed by atoms with Crippen molar-refractivity contribution in [1.29, 1.82) is 0 Å². The molecule has 1 amide bonds. The fraction of sp³-hybridized carbons (Fsp3) is 0.158. The van der Waals surface area contributed by atoms with E-state index >= 15 is 0 Å². The predicted molar refractivity (Wildman–Crippen MR) is 93.8 cm³/mol. The second-order valence-corrected chi connectivity index (χ2v) is 5.62. The molecule has 0 fully saturated rings. The Bertz CT molecular complexity index is 831. The number of nitrogens with zero attached hydrogens (tertiary/aromatic N) is 1. The SMILES string of the molecule is O=C(CCc1ccc(CNc2ccc3ncccc3c2)cc1)NO. The Hall–Kier alpha value is -2.92. The van der Waals surface area contributed by atoms with Gasteiger partial charge in [-0.05, 0) is 41.8 Å². The Morgan fingerprint density at radius 2 is 1.83 bits per heavy atom. The lowest BCUT2D eigenvalue weighted by molar-refractivity contribution is -0.129. The number of aryl methyl sites for hydroxylation is 1. The van der Waals surface area contributed by atoms with Crippen molar-refractivity contribution in [3.63, 3.8) is 0 Å². The third kappa shape index (κ3) is 4.08. The van der Waals surface area contributed by atoms with Crippen LogP contribution in [-0.4, -0.2) is 16.1 Å². The highest BCUT2D eigenvalue weighted by molar-refractivity contribution is 5.82. The molecule has 3 aromatic rings. The van der Waals surface area contributed by atoms with E-state index in [-0.39, 0.29) is 12.3 Å². The predicted octanol–water partition coefficient (Wildman–Crippen LogP) is 3.28. The lowest BCUT2D eigenvalue weighted by atomic mass is 10.1. The van der Waals surface area contributed by atoms with Gasteiger partial charge in [0.2, 0.25) is 5.91 Å². The number of anilines is 1. The summed E-state index contributed by atoms with van der Waals surface area (Å²) in [4.78, 5) is 15.3. The van der Waals surface area contributed by atoms with Gasteiger partial charge in [0.05, 0.1) is 5.52 Å². The summed E-state index contributed by atoms with van der Waals surface area (Å²) in [6, 6.07) is 18.2. The maximum absolute atomic E-state index is 11.0. The fourth-order valence-electron chi connectivity index (χ4n) is 2.53. The molecule has 0 bridgehead atoms. The summed E-state index contributed by atoms with van der Waals surface area (Å²) in [6.45, 7) is 0.725. The molecule has 1 heterocycles. The zero-order valence-electron chi connectivity index (χ0n) is 13.2. The number of rotatable bonds is 6. The van der Waals surface area contributed by atoms with Gasteiger partial charge in [-0.25, -0.2) is 5.48 Å². The fourth-order valence-corrected chi connectivity index (χ4v) is 2.53. The number of hydrogen-bond acceptors (Lipinski definition) is 4. The number of fused-ring (bicyclic) bond motifs is 1. The van der Waals surface area contributed by atoms with E-state index in [0.29, 0.717) is 6.42 Å². The van der Waals surface area contributed by atoms with Crippen molar-refractivity contribution in [3.05, 3.63) is 71.9 Å². The van der Waals surface area contributed by atoms with Gasteiger partial charge in [-0.2, -0.15) is 0 Å². The van der Waals surface area contributed by atoms with Crippen LogP contribution in [0.5, 0.6) is 0 Å². The second kappa shape index (κ2) is 7.57. The number of aromatic nitrogens is 1. The van der Waals surface area contributed by atoms with Gasteiger partial charge in [-0.1, -0.05) is 30.3 Å². The van der Waals surface area contributed by atoms with Gasteiger partial charge in [-0.15, -0.1) is 0 Å². The molecular formula is C19H19N3O2. The summed E-state index contributed by atoms with van der Waals surface area (Å²) in [5, 5.41) is 13.0. The van der Waals surface area contributed by atoms with Crippen LogP contribution in [0.3, 0.4) is 0 Å². The lowest BCUT2D eigenvalue weighted by Gasteiger charge is -2.08. The number of amides is 1. The molecule has 0 saturated heterocycles. The Labute approximate surface area is 140 Å². The highest BCUT2D eigenvalue weighted by Gasteiger charge is 2.01. The Morgan fingerprint density at radius 3 is 2.62 bits per heavy atom. The number of hydroxylamine groups is 1. The highest BCUT2D eigenvalue weighted by Crippen LogP contribution is 2.18. The number of carbonyl (C=O) groups is 1. The zero-order valence-corrected chi connectivity index (χ0v) is 13.2. The first-order valence-electron chi connectivity index (χ1n) is 7.84. The minimum atomic E-state index is -0.369. The monoisotopic (exact) mass is 321 g/mol. The van der Waals surface area contributed by atoms with Crippen molar-refractivity contribution in [2.45, 2.75) is 19.4 Å². The molecule has 0 radical (unpaired) electrons. The van der Waals surface area contributed by atoms with Crippen molar-refractivity contribution in [2.75, 3.05) is 5.32 Å². The summed E-state index contributed by atoms with van der Waals surface area (Å²) in [6.07, 6.45) is 2.68. The van der Waals surface area contributed by atoms with Crippen LogP contribution in [-0.2, 0) is 17.8 Å². The topological polar surface area (TPSA) is 74.2 Å². The molecule has 0 atom stereocenters. The van der Waals surface area contributed by atoms with Gasteiger partial charge >= 0.3 is 0 Å². The average molecular weight is 321 g/mol. The van der Waals surface area contributed by atoms with E-state index in [1.165, 1.54) is 0 Å². The van der Waals surface area contributed by atoms with E-state index in [9.17, 15) is 4.79 Å². The molecule has 0 unspecified atom stereocenters. The van der Waals surface area contributed by atoms with E-state index in [1.807, 2.05) is 48.5 Å². The van der Waals surface area contributed by atoms with Gasteiger partial charge in [-0.3, -0.25) is 15.0 Å². The molecule has 0 spiro atoms. The van der Waals surface area contributed by atoms with Crippen LogP contribution in [0.15, 0.2) is 60.8 Å². The maximum atomic E-state index is 11.0. The molecule has 5 heteroatoms. The first-order valence-corrected chi connectivity index (χ1v) is 7.84. The standard InChI is InChI=1S/C19H19N3O2/c23-19(22-24)10-7-14-3-5-15(6-4-14)13-21-17-8-9-18-16(12-17)2-1-11-20-18/h1-6,8-9,11-12,21,24H,7,10,13H2,(H,22,23). The van der Waals surface area contributed by atoms with Gasteiger partial charge in [0.15, 0.2) is 0 Å². The van der Waals surface area contributed by atoms with Crippen LogP contribution >= 0.6 is 0 Å². The van der Waals surface area contributed by atoms with Crippen molar-refractivity contribution in [1.82, 2.24) is 10.5 Å². The average Bonchev–Trinajstić information content (AvgIpc) is 2.65. The summed E-state index contributed by atoms with van der Waals surface area (Å²) in [5.41, 5.74) is 5.92. The zero-order chi connectivity index (χ0) is 16.8. The Morgan fingerprint density at radius 1 is 1.04 bits per heavy atom. The molecule has 2 aromatic carbocycles. The molecular weight excluding hydrogens is 302 g/mol. The van der Waals surface area contributed by atoms with E-state index < -0.39 is 0 Å². The molecule has 0 aliphatic heterocycles. The number of nitrogens with one attached hydrogen (secondary N) is 2. The molecule has 5 nitrogen and oxygen atoms in total. The third-order valence-corrected chi connectivity index (χ3v) is 3.89. The Balaban J connectivity index is 1.58. The lowest BCUT2D eigenvalue weighted by Crippen LogP contribution is -2.18. The molecule has 0 saturated carbocycles. The minimum absolute atomic E-state index is 0.277. The number of carbonyl (C=O) groups excluding carboxylic acids is 1. The largest absolute Gasteiger partial charge is 0.381 e. The first kappa shape index (κ1) is 16.0. The van der Waals surface area contributed by atoms with Crippen molar-refractivity contribution < 1.29 is 10.0 Å². The smallest absolute Gasteiger partial charge is 0.243 e. The van der Waals surface area contributed by atoms with Crippen LogP contribution in [0, 0.1) is 0 Å². The summed E-state index contributed by atoms with van der Waals surface area (Å²) in [5.74, 6) is -0.369. The van der Waals surface area contributed by atoms with Crippen molar-refractivity contribution in [2.24, 2.45) is 0 Å². The molecule has 24 heavy (non-hydrogen) atoms. The van der Waals surface area contributed by atoms with E-state index in [0.717, 1.165) is 34.3 Å². The third-order valence-electron chi connectivity index (χ3n) is 3.89. The van der Waals surface area contributed by atoms with Crippen LogP contribution in [0.4, 0.5) is 5.69 Å². The molecule has 3 N–H and O–H groups in total. The molecule has 3 rings (SSSR count). The van der Waals surface area contributed by atoms with Gasteiger partial charge in [0.25, 0.3) is 0 Å². The van der Waals surface area contributed by atoms with Gasteiger partial charge < -0.3 is 5.32 Å². The first-order chi connectivity index (χ1) is 11.7. The highest BCUT2D eigenvalue weighted by atomic mass is 16.5. The normalized spacial score (nSPS) is 10.5. The molecule has 0 aliphatic carbocycles. The van der Waals surface area contributed by atoms with Crippen molar-refractivity contribution >= 4 is 22.5 Å². The van der Waals surface area contributed by atoms with E-state index in [2.05, 4.69) is 16.4 Å². The van der Waals surface area contributed by atoms with Crippen LogP contribution in [0.25, 0.3) is 10.9 Å². The molecule has 122 valence electrons. The number of benzene rings is 2. The summed E-state index contributed by atoms with van der Waals surface area (Å²) >= 11 is 0. The van der Waals surface area contributed by atoms with Crippen LogP contribution < -0.4 is 10.8 Å². The van der Waals surface area contributed by atoms with E-state index in [1.54, 1.807) is 11.7 Å². The van der Waals surface area contributed by atoms with Crippen LogP contribution in [0.2, 0.25) is 0 Å². The summed E-state index contributed by atoms with van der Waals surface area (Å²) in [7, 11) is 0. The Kier molecular flexibility index (Phi) is 5.03. The summed E-state index contributed by atoms with van der Waals surface area (Å²) < 4.78 is 0. The number of hydrogen-bond donors (Lipinski definition) is 3. The van der Waals surface area contributed by atoms with Gasteiger partial charge in [0, 0.05) is 30.2 Å². The van der Waals surface area contributed by atoms with E-state index in [4.69, 9.17) is 5.21 Å². The van der Waals surface area contributed by atoms with Gasteiger partial charge in [0.1, 0.15) is 0 Å². The quantitative estimate of drug-likeness (QED) is 0.481. The molecule has 1 aromatic heterocycles. The maximum Gasteiger partial charge on any atom is 0.243 e. The second-order valence-electron chi connectivity index (χ2n) is 5.62. The molecule has 0 aliphatic rings. The minimum Gasteiger partial charge on any atom is -0.381 e. The number of pyridine rings is 1. The van der Waals surface area contributed by atoms with Crippen molar-refractivity contribution in [3.8, 4) is 0 Å².